The van der Waals surface area contributed by atoms with Gasteiger partial charge in [0.15, 0.2) is 0 Å². The molecule has 0 aromatic rings. The van der Waals surface area contributed by atoms with E-state index in [0.717, 1.165) is 37.0 Å². The number of fused-ring (bicyclic) bond motifs is 1. The molecule has 0 spiro atoms. The Balaban J connectivity index is 1.75. The summed E-state index contributed by atoms with van der Waals surface area (Å²) < 4.78 is 0. The fraction of sp³-hybridized carbons (Fsp3) is 0.929. The molecular formula is C28H48O4. The van der Waals surface area contributed by atoms with Crippen LogP contribution in [0.4, 0.5) is 0 Å². The standard InChI is InChI=1S/C28H48O4/c1-18(2)7-6-8-19(3)20-9-10-23-22(16-26(31)32)24(12-13-27(23,4)17-20)28(5)14-11-21(29)15-25(28)30/h18-24,29H,6-17H2,1-5H3,(H,31,32)/t19-,20+,21+,22+,23-,24-,27-,28+/m1/s1. The Bertz CT molecular complexity index is 672. The average molecular weight is 449 g/mol. The predicted octanol–water partition coefficient (Wildman–Crippen LogP) is 6.49. The van der Waals surface area contributed by atoms with Gasteiger partial charge in [-0.05, 0) is 85.9 Å². The van der Waals surface area contributed by atoms with Gasteiger partial charge in [0.1, 0.15) is 5.78 Å². The van der Waals surface area contributed by atoms with E-state index in [1.165, 1.54) is 32.1 Å². The van der Waals surface area contributed by atoms with Crippen molar-refractivity contribution in [2.24, 2.45) is 46.3 Å². The summed E-state index contributed by atoms with van der Waals surface area (Å²) in [7, 11) is 0. The highest BCUT2D eigenvalue weighted by Crippen LogP contribution is 2.61. The lowest BCUT2D eigenvalue weighted by molar-refractivity contribution is -0.155. The van der Waals surface area contributed by atoms with Gasteiger partial charge in [0.2, 0.25) is 0 Å². The van der Waals surface area contributed by atoms with Gasteiger partial charge >= 0.3 is 5.97 Å². The molecular weight excluding hydrogens is 400 g/mol. The first kappa shape index (κ1) is 25.7. The molecule has 8 atom stereocenters. The van der Waals surface area contributed by atoms with Gasteiger partial charge in [0.25, 0.3) is 0 Å². The Morgan fingerprint density at radius 2 is 1.75 bits per heavy atom. The third-order valence-electron chi connectivity index (χ3n) is 10.1. The maximum atomic E-state index is 13.1. The molecule has 0 unspecified atom stereocenters. The van der Waals surface area contributed by atoms with Crippen molar-refractivity contribution in [1.29, 1.82) is 0 Å². The summed E-state index contributed by atoms with van der Waals surface area (Å²) in [5.74, 6) is 2.30. The molecule has 4 heteroatoms. The summed E-state index contributed by atoms with van der Waals surface area (Å²) in [6, 6.07) is 0. The van der Waals surface area contributed by atoms with Crippen molar-refractivity contribution in [2.45, 2.75) is 118 Å². The molecule has 3 aliphatic carbocycles. The van der Waals surface area contributed by atoms with Crippen LogP contribution in [-0.4, -0.2) is 28.1 Å². The van der Waals surface area contributed by atoms with Crippen LogP contribution in [-0.2, 0) is 9.59 Å². The van der Waals surface area contributed by atoms with Gasteiger partial charge in [0.05, 0.1) is 6.10 Å². The summed E-state index contributed by atoms with van der Waals surface area (Å²) in [6.45, 7) is 11.5. The van der Waals surface area contributed by atoms with Crippen molar-refractivity contribution >= 4 is 11.8 Å². The zero-order valence-electron chi connectivity index (χ0n) is 21.2. The largest absolute Gasteiger partial charge is 0.481 e. The van der Waals surface area contributed by atoms with Crippen LogP contribution in [0.3, 0.4) is 0 Å². The molecule has 3 fully saturated rings. The molecule has 184 valence electrons. The minimum atomic E-state index is -0.722. The molecule has 0 aliphatic heterocycles. The van der Waals surface area contributed by atoms with Crippen LogP contribution >= 0.6 is 0 Å². The van der Waals surface area contributed by atoms with E-state index in [1.54, 1.807) is 0 Å². The van der Waals surface area contributed by atoms with E-state index in [2.05, 4.69) is 34.6 Å². The SMILES string of the molecule is CC(C)CCC[C@@H](C)[C@H]1CC[C@@H]2[C@H](CC(=O)O)[C@H]([C@]3(C)CC[C@H](O)CC3=O)CC[C@]2(C)C1. The Kier molecular flexibility index (Phi) is 8.16. The van der Waals surface area contributed by atoms with Gasteiger partial charge in [-0.3, -0.25) is 9.59 Å². The zero-order chi connectivity index (χ0) is 23.7. The van der Waals surface area contributed by atoms with Crippen LogP contribution in [0.25, 0.3) is 0 Å². The molecule has 3 rings (SSSR count). The van der Waals surface area contributed by atoms with Gasteiger partial charge < -0.3 is 10.2 Å². The lowest BCUT2D eigenvalue weighted by Crippen LogP contribution is -2.53. The van der Waals surface area contributed by atoms with Crippen molar-refractivity contribution in [1.82, 2.24) is 0 Å². The Hall–Kier alpha value is -0.900. The smallest absolute Gasteiger partial charge is 0.303 e. The molecule has 4 nitrogen and oxygen atoms in total. The molecule has 0 bridgehead atoms. The quantitative estimate of drug-likeness (QED) is 0.445. The minimum Gasteiger partial charge on any atom is -0.481 e. The molecule has 2 N–H and O–H groups in total. The monoisotopic (exact) mass is 448 g/mol. The number of hydrogen-bond acceptors (Lipinski definition) is 3. The maximum absolute atomic E-state index is 13.1. The van der Waals surface area contributed by atoms with Gasteiger partial charge in [-0.15, -0.1) is 0 Å². The fourth-order valence-corrected chi connectivity index (χ4v) is 7.99. The zero-order valence-corrected chi connectivity index (χ0v) is 21.2. The van der Waals surface area contributed by atoms with Crippen molar-refractivity contribution < 1.29 is 19.8 Å². The van der Waals surface area contributed by atoms with Crippen molar-refractivity contribution in [3.05, 3.63) is 0 Å². The number of Topliss-reactive ketones (excluding diaryl/α,β-unsaturated/α-hetero) is 1. The van der Waals surface area contributed by atoms with Crippen LogP contribution in [0.5, 0.6) is 0 Å². The van der Waals surface area contributed by atoms with E-state index < -0.39 is 17.5 Å². The van der Waals surface area contributed by atoms with Crippen molar-refractivity contribution in [3.8, 4) is 0 Å². The third-order valence-corrected chi connectivity index (χ3v) is 10.1. The van der Waals surface area contributed by atoms with Crippen LogP contribution in [0.1, 0.15) is 112 Å². The fourth-order valence-electron chi connectivity index (χ4n) is 7.99. The molecule has 0 radical (unpaired) electrons. The number of hydrogen-bond donors (Lipinski definition) is 2. The number of carbonyl (C=O) groups excluding carboxylic acids is 1. The first-order valence-corrected chi connectivity index (χ1v) is 13.4. The number of aliphatic carboxylic acids is 1. The molecule has 0 amide bonds. The molecule has 3 aliphatic rings. The van der Waals surface area contributed by atoms with Crippen LogP contribution < -0.4 is 0 Å². The van der Waals surface area contributed by atoms with E-state index in [1.807, 2.05) is 0 Å². The molecule has 3 saturated carbocycles. The minimum absolute atomic E-state index is 0.0765. The Labute approximate surface area is 195 Å². The van der Waals surface area contributed by atoms with Gasteiger partial charge in [-0.25, -0.2) is 0 Å². The second-order valence-electron chi connectivity index (χ2n) is 12.7. The molecule has 0 aromatic heterocycles. The van der Waals surface area contributed by atoms with E-state index in [-0.39, 0.29) is 35.9 Å². The number of aliphatic hydroxyl groups is 1. The summed E-state index contributed by atoms with van der Waals surface area (Å²) in [5, 5.41) is 19.8. The summed E-state index contributed by atoms with van der Waals surface area (Å²) in [5.41, 5.74) is -0.277. The number of ketones is 1. The summed E-state index contributed by atoms with van der Waals surface area (Å²) in [6.07, 6.45) is 10.8. The normalized spacial score (nSPS) is 41.3. The second-order valence-corrected chi connectivity index (χ2v) is 12.7. The van der Waals surface area contributed by atoms with E-state index >= 15 is 0 Å². The number of carbonyl (C=O) groups is 2. The maximum Gasteiger partial charge on any atom is 0.303 e. The van der Waals surface area contributed by atoms with E-state index in [9.17, 15) is 19.8 Å². The van der Waals surface area contributed by atoms with Crippen LogP contribution in [0, 0.1) is 46.3 Å². The predicted molar refractivity (Wildman–Crippen MR) is 128 cm³/mol. The molecule has 0 heterocycles. The molecule has 0 saturated heterocycles. The first-order valence-electron chi connectivity index (χ1n) is 13.4. The first-order chi connectivity index (χ1) is 15.0. The van der Waals surface area contributed by atoms with Gasteiger partial charge in [0, 0.05) is 18.3 Å². The number of aliphatic hydroxyl groups excluding tert-OH is 1. The van der Waals surface area contributed by atoms with E-state index in [4.69, 9.17) is 0 Å². The highest BCUT2D eigenvalue weighted by atomic mass is 16.4. The lowest BCUT2D eigenvalue weighted by Gasteiger charge is -2.58. The third kappa shape index (κ3) is 5.42. The number of carboxylic acid groups (broad SMARTS) is 1. The van der Waals surface area contributed by atoms with E-state index in [0.29, 0.717) is 18.8 Å². The van der Waals surface area contributed by atoms with Gasteiger partial charge in [-0.2, -0.15) is 0 Å². The lowest BCUT2D eigenvalue weighted by atomic mass is 9.46. The second kappa shape index (κ2) is 10.2. The average Bonchev–Trinajstić information content (AvgIpc) is 2.69. The topological polar surface area (TPSA) is 74.6 Å². The van der Waals surface area contributed by atoms with Crippen molar-refractivity contribution in [3.63, 3.8) is 0 Å². The number of carboxylic acids is 1. The highest BCUT2D eigenvalue weighted by molar-refractivity contribution is 5.86. The van der Waals surface area contributed by atoms with Crippen LogP contribution in [0.2, 0.25) is 0 Å². The summed E-state index contributed by atoms with van der Waals surface area (Å²) in [4.78, 5) is 25.0. The number of rotatable bonds is 8. The highest BCUT2D eigenvalue weighted by Gasteiger charge is 2.56. The van der Waals surface area contributed by atoms with Crippen LogP contribution in [0.15, 0.2) is 0 Å². The summed E-state index contributed by atoms with van der Waals surface area (Å²) >= 11 is 0. The Morgan fingerprint density at radius 3 is 2.38 bits per heavy atom. The van der Waals surface area contributed by atoms with Gasteiger partial charge in [-0.1, -0.05) is 53.9 Å². The molecule has 32 heavy (non-hydrogen) atoms. The molecule has 0 aromatic carbocycles. The Morgan fingerprint density at radius 1 is 1.03 bits per heavy atom. The van der Waals surface area contributed by atoms with Crippen molar-refractivity contribution in [2.75, 3.05) is 0 Å².